The molecule has 0 spiro atoms. The highest BCUT2D eigenvalue weighted by atomic mass is 35.5. The van der Waals surface area contributed by atoms with Gasteiger partial charge in [-0.05, 0) is 0 Å². The van der Waals surface area contributed by atoms with Crippen LogP contribution >= 0.6 is 11.6 Å². The number of rotatable bonds is 2. The van der Waals surface area contributed by atoms with Crippen molar-refractivity contribution in [2.24, 2.45) is 0 Å². The first-order valence-corrected chi connectivity index (χ1v) is 3.89. The fraction of sp³-hybridized carbons (Fsp3) is 0.286. The molecule has 1 aromatic rings. The summed E-state index contributed by atoms with van der Waals surface area (Å²) in [6, 6.07) is 0.980. The Morgan fingerprint density at radius 3 is 2.69 bits per heavy atom. The van der Waals surface area contributed by atoms with Crippen molar-refractivity contribution >= 4 is 11.6 Å². The molecular weight excluding hydrogens is 204 g/mol. The van der Waals surface area contributed by atoms with Crippen LogP contribution in [0.4, 0.5) is 8.78 Å². The van der Waals surface area contributed by atoms with Crippen molar-refractivity contribution in [1.29, 1.82) is 0 Å². The fourth-order valence-electron chi connectivity index (χ4n) is 0.857. The van der Waals surface area contributed by atoms with Gasteiger partial charge in [-0.25, -0.2) is 8.78 Å². The van der Waals surface area contributed by atoms with E-state index in [0.717, 1.165) is 6.07 Å². The zero-order valence-electron chi connectivity index (χ0n) is 6.35. The summed E-state index contributed by atoms with van der Waals surface area (Å²) in [5.74, 6) is -1.04. The lowest BCUT2D eigenvalue weighted by atomic mass is 10.3. The second-order valence-corrected chi connectivity index (χ2v) is 2.62. The predicted molar refractivity (Wildman–Crippen MR) is 43.2 cm³/mol. The molecule has 0 fully saturated rings. The summed E-state index contributed by atoms with van der Waals surface area (Å²) in [5, 5.41) is 8.92. The number of pyridine rings is 1. The van der Waals surface area contributed by atoms with Crippen molar-refractivity contribution in [3.05, 3.63) is 27.7 Å². The average molecular weight is 210 g/mol. The Balaban J connectivity index is 3.33. The quantitative estimate of drug-likeness (QED) is 0.730. The van der Waals surface area contributed by atoms with Crippen LogP contribution in [0.3, 0.4) is 0 Å². The fourth-order valence-corrected chi connectivity index (χ4v) is 1.00. The third-order valence-electron chi connectivity index (χ3n) is 1.45. The van der Waals surface area contributed by atoms with Crippen molar-refractivity contribution in [2.45, 2.75) is 12.3 Å². The molecule has 0 aromatic carbocycles. The molecule has 0 atom stereocenters. The molecule has 0 aliphatic heterocycles. The van der Waals surface area contributed by atoms with Gasteiger partial charge in [0.05, 0.1) is 5.88 Å². The zero-order chi connectivity index (χ0) is 10.0. The number of nitrogens with one attached hydrogen (secondary N) is 1. The van der Waals surface area contributed by atoms with E-state index in [0.29, 0.717) is 0 Å². The summed E-state index contributed by atoms with van der Waals surface area (Å²) in [4.78, 5) is 13.0. The van der Waals surface area contributed by atoms with Gasteiger partial charge in [0.15, 0.2) is 5.75 Å². The van der Waals surface area contributed by atoms with Gasteiger partial charge in [-0.1, -0.05) is 0 Å². The minimum Gasteiger partial charge on any atom is -0.503 e. The van der Waals surface area contributed by atoms with E-state index in [9.17, 15) is 13.6 Å². The maximum atomic E-state index is 12.2. The topological polar surface area (TPSA) is 53.1 Å². The molecule has 1 rings (SSSR count). The van der Waals surface area contributed by atoms with Crippen LogP contribution < -0.4 is 5.43 Å². The van der Waals surface area contributed by atoms with Crippen molar-refractivity contribution in [2.75, 3.05) is 0 Å². The van der Waals surface area contributed by atoms with E-state index >= 15 is 0 Å². The SMILES string of the molecule is O=c1cc(CCl)[nH]c(C(F)F)c1O. The largest absolute Gasteiger partial charge is 0.503 e. The lowest BCUT2D eigenvalue weighted by Gasteiger charge is -2.04. The van der Waals surface area contributed by atoms with Gasteiger partial charge in [-0.2, -0.15) is 0 Å². The monoisotopic (exact) mass is 209 g/mol. The maximum Gasteiger partial charge on any atom is 0.282 e. The Morgan fingerprint density at radius 1 is 1.62 bits per heavy atom. The molecule has 0 bridgehead atoms. The van der Waals surface area contributed by atoms with E-state index in [4.69, 9.17) is 16.7 Å². The minimum absolute atomic E-state index is 0.0881. The van der Waals surface area contributed by atoms with Crippen molar-refractivity contribution in [3.8, 4) is 5.75 Å². The number of alkyl halides is 3. The van der Waals surface area contributed by atoms with Crippen LogP contribution in [0.25, 0.3) is 0 Å². The molecular formula is C7H6ClF2NO2. The number of aromatic nitrogens is 1. The molecule has 2 N–H and O–H groups in total. The Hall–Kier alpha value is -1.10. The van der Waals surface area contributed by atoms with E-state index in [-0.39, 0.29) is 11.6 Å². The van der Waals surface area contributed by atoms with Crippen molar-refractivity contribution < 1.29 is 13.9 Å². The lowest BCUT2D eigenvalue weighted by Crippen LogP contribution is -2.07. The Bertz CT molecular complexity index is 364. The first-order chi connectivity index (χ1) is 6.06. The van der Waals surface area contributed by atoms with Gasteiger partial charge in [0.1, 0.15) is 5.69 Å². The van der Waals surface area contributed by atoms with Crippen LogP contribution in [0.5, 0.6) is 5.75 Å². The second kappa shape index (κ2) is 3.74. The summed E-state index contributed by atoms with van der Waals surface area (Å²) in [6.07, 6.45) is -2.92. The molecule has 6 heteroatoms. The van der Waals surface area contributed by atoms with E-state index in [1.807, 2.05) is 0 Å². The molecule has 3 nitrogen and oxygen atoms in total. The van der Waals surface area contributed by atoms with Crippen LogP contribution in [0.1, 0.15) is 17.8 Å². The third-order valence-corrected chi connectivity index (χ3v) is 1.74. The Morgan fingerprint density at radius 2 is 2.23 bits per heavy atom. The van der Waals surface area contributed by atoms with Gasteiger partial charge in [0.2, 0.25) is 5.43 Å². The molecule has 0 saturated carbocycles. The highest BCUT2D eigenvalue weighted by molar-refractivity contribution is 6.16. The van der Waals surface area contributed by atoms with Gasteiger partial charge in [0, 0.05) is 11.8 Å². The van der Waals surface area contributed by atoms with Crippen LogP contribution in [0, 0.1) is 0 Å². The van der Waals surface area contributed by atoms with Gasteiger partial charge < -0.3 is 10.1 Å². The zero-order valence-corrected chi connectivity index (χ0v) is 7.11. The summed E-state index contributed by atoms with van der Waals surface area (Å²) in [6.45, 7) is 0. The van der Waals surface area contributed by atoms with Gasteiger partial charge in [-0.15, -0.1) is 11.6 Å². The normalized spacial score (nSPS) is 10.8. The van der Waals surface area contributed by atoms with Crippen molar-refractivity contribution in [3.63, 3.8) is 0 Å². The Kier molecular flexibility index (Phi) is 2.87. The summed E-state index contributed by atoms with van der Waals surface area (Å²) in [7, 11) is 0. The molecule has 13 heavy (non-hydrogen) atoms. The van der Waals surface area contributed by atoms with Gasteiger partial charge in [0.25, 0.3) is 6.43 Å². The van der Waals surface area contributed by atoms with E-state index in [2.05, 4.69) is 4.98 Å². The standard InChI is InChI=1S/C7H6ClF2NO2/c8-2-3-1-4(12)6(13)5(11-3)7(9)10/h1,7,13H,2H2,(H,11,12). The van der Waals surface area contributed by atoms with Crippen LogP contribution in [0.2, 0.25) is 0 Å². The minimum atomic E-state index is -2.92. The molecule has 1 aromatic heterocycles. The molecule has 0 aliphatic carbocycles. The van der Waals surface area contributed by atoms with Crippen LogP contribution in [-0.4, -0.2) is 10.1 Å². The number of aromatic hydroxyl groups is 1. The van der Waals surface area contributed by atoms with Crippen LogP contribution in [-0.2, 0) is 5.88 Å². The van der Waals surface area contributed by atoms with E-state index < -0.39 is 23.3 Å². The first kappa shape index (κ1) is 9.98. The number of H-pyrrole nitrogens is 1. The second-order valence-electron chi connectivity index (χ2n) is 2.36. The highest BCUT2D eigenvalue weighted by Gasteiger charge is 2.16. The smallest absolute Gasteiger partial charge is 0.282 e. The third kappa shape index (κ3) is 1.98. The highest BCUT2D eigenvalue weighted by Crippen LogP contribution is 2.23. The average Bonchev–Trinajstić information content (AvgIpc) is 2.09. The van der Waals surface area contributed by atoms with E-state index in [1.165, 1.54) is 0 Å². The molecule has 0 aliphatic rings. The molecule has 0 radical (unpaired) electrons. The lowest BCUT2D eigenvalue weighted by molar-refractivity contribution is 0.141. The van der Waals surface area contributed by atoms with Gasteiger partial charge >= 0.3 is 0 Å². The molecule has 0 amide bonds. The first-order valence-electron chi connectivity index (χ1n) is 3.35. The Labute approximate surface area is 77.0 Å². The molecule has 1 heterocycles. The number of hydrogen-bond donors (Lipinski definition) is 2. The molecule has 0 unspecified atom stereocenters. The summed E-state index contributed by atoms with van der Waals surface area (Å²) in [5.41, 5.74) is -1.49. The van der Waals surface area contributed by atoms with E-state index in [1.54, 1.807) is 0 Å². The van der Waals surface area contributed by atoms with Crippen molar-refractivity contribution in [1.82, 2.24) is 4.98 Å². The summed E-state index contributed by atoms with van der Waals surface area (Å²) >= 11 is 5.33. The number of aromatic amines is 1. The predicted octanol–water partition coefficient (Wildman–Crippen LogP) is 1.76. The summed E-state index contributed by atoms with van der Waals surface area (Å²) < 4.78 is 24.3. The van der Waals surface area contributed by atoms with Crippen LogP contribution in [0.15, 0.2) is 10.9 Å². The molecule has 0 saturated heterocycles. The molecule has 72 valence electrons. The maximum absolute atomic E-state index is 12.2. The number of hydrogen-bond acceptors (Lipinski definition) is 2. The number of halogens is 3. The van der Waals surface area contributed by atoms with Gasteiger partial charge in [-0.3, -0.25) is 4.79 Å².